The molecule has 1 saturated heterocycles. The molecular formula is C20H31N3O2. The van der Waals surface area contributed by atoms with Gasteiger partial charge in [0.25, 0.3) is 5.91 Å². The number of amides is 2. The molecule has 1 unspecified atom stereocenters. The number of carbonyl (C=O) groups excluding carboxylic acids is 2. The highest BCUT2D eigenvalue weighted by molar-refractivity contribution is 5.95. The van der Waals surface area contributed by atoms with Gasteiger partial charge in [-0.2, -0.15) is 0 Å². The van der Waals surface area contributed by atoms with Crippen LogP contribution in [-0.2, 0) is 4.79 Å². The monoisotopic (exact) mass is 345 g/mol. The van der Waals surface area contributed by atoms with Gasteiger partial charge in [-0.1, -0.05) is 32.0 Å². The van der Waals surface area contributed by atoms with Crippen LogP contribution in [0.3, 0.4) is 0 Å². The van der Waals surface area contributed by atoms with Crippen molar-refractivity contribution in [1.82, 2.24) is 9.80 Å². The van der Waals surface area contributed by atoms with Crippen LogP contribution < -0.4 is 5.73 Å². The fourth-order valence-electron chi connectivity index (χ4n) is 3.59. The topological polar surface area (TPSA) is 66.6 Å². The molecule has 0 aromatic heterocycles. The van der Waals surface area contributed by atoms with E-state index in [0.29, 0.717) is 31.7 Å². The molecule has 1 aromatic rings. The normalized spacial score (nSPS) is 21.1. The lowest BCUT2D eigenvalue weighted by atomic mass is 9.79. The van der Waals surface area contributed by atoms with E-state index in [1.54, 1.807) is 4.90 Å². The maximum Gasteiger partial charge on any atom is 0.253 e. The van der Waals surface area contributed by atoms with Crippen LogP contribution >= 0.6 is 0 Å². The van der Waals surface area contributed by atoms with Gasteiger partial charge < -0.3 is 15.5 Å². The van der Waals surface area contributed by atoms with E-state index >= 15 is 0 Å². The van der Waals surface area contributed by atoms with Crippen molar-refractivity contribution < 1.29 is 9.59 Å². The Labute approximate surface area is 151 Å². The summed E-state index contributed by atoms with van der Waals surface area (Å²) in [5.74, 6) is 0.101. The van der Waals surface area contributed by atoms with Crippen LogP contribution in [0, 0.1) is 10.8 Å². The van der Waals surface area contributed by atoms with E-state index in [2.05, 4.69) is 13.8 Å². The summed E-state index contributed by atoms with van der Waals surface area (Å²) < 4.78 is 0. The first-order chi connectivity index (χ1) is 11.7. The molecule has 5 heteroatoms. The van der Waals surface area contributed by atoms with Crippen molar-refractivity contribution in [1.29, 1.82) is 0 Å². The lowest BCUT2D eigenvalue weighted by molar-refractivity contribution is -0.143. The largest absolute Gasteiger partial charge is 0.345 e. The van der Waals surface area contributed by atoms with Gasteiger partial charge in [0.2, 0.25) is 5.91 Å². The van der Waals surface area contributed by atoms with Crippen molar-refractivity contribution >= 4 is 11.8 Å². The molecule has 0 radical (unpaired) electrons. The maximum atomic E-state index is 13.1. The second kappa shape index (κ2) is 7.56. The molecule has 0 saturated carbocycles. The molecule has 2 N–H and O–H groups in total. The van der Waals surface area contributed by atoms with Crippen molar-refractivity contribution in [2.24, 2.45) is 16.6 Å². The van der Waals surface area contributed by atoms with Crippen LogP contribution in [0.1, 0.15) is 44.0 Å². The van der Waals surface area contributed by atoms with Gasteiger partial charge in [-0.05, 0) is 43.9 Å². The lowest BCUT2D eigenvalue weighted by Crippen LogP contribution is -2.53. The summed E-state index contributed by atoms with van der Waals surface area (Å²) >= 11 is 0. The van der Waals surface area contributed by atoms with Crippen molar-refractivity contribution in [2.75, 3.05) is 33.2 Å². The highest BCUT2D eigenvalue weighted by Crippen LogP contribution is 2.33. The van der Waals surface area contributed by atoms with E-state index in [-0.39, 0.29) is 17.2 Å². The van der Waals surface area contributed by atoms with Crippen molar-refractivity contribution in [3.8, 4) is 0 Å². The molecule has 0 spiro atoms. The van der Waals surface area contributed by atoms with Crippen LogP contribution in [0.4, 0.5) is 0 Å². The van der Waals surface area contributed by atoms with Gasteiger partial charge in [-0.25, -0.2) is 0 Å². The molecule has 138 valence electrons. The van der Waals surface area contributed by atoms with E-state index in [1.165, 1.54) is 0 Å². The quantitative estimate of drug-likeness (QED) is 0.891. The molecule has 0 bridgehead atoms. The third-order valence-corrected chi connectivity index (χ3v) is 5.09. The van der Waals surface area contributed by atoms with E-state index in [1.807, 2.05) is 49.2 Å². The molecule has 1 heterocycles. The second-order valence-electron chi connectivity index (χ2n) is 8.29. The first kappa shape index (κ1) is 19.4. The van der Waals surface area contributed by atoms with Crippen LogP contribution in [0.2, 0.25) is 0 Å². The minimum atomic E-state index is -0.540. The minimum absolute atomic E-state index is 0.00395. The highest BCUT2D eigenvalue weighted by atomic mass is 16.2. The molecular weight excluding hydrogens is 314 g/mol. The molecule has 1 aromatic carbocycles. The smallest absolute Gasteiger partial charge is 0.253 e. The number of nitrogens with two attached hydrogens (primary N) is 1. The van der Waals surface area contributed by atoms with Gasteiger partial charge in [0, 0.05) is 32.2 Å². The van der Waals surface area contributed by atoms with Gasteiger partial charge in [-0.15, -0.1) is 0 Å². The average molecular weight is 345 g/mol. The molecule has 25 heavy (non-hydrogen) atoms. The lowest BCUT2D eigenvalue weighted by Gasteiger charge is -2.42. The van der Waals surface area contributed by atoms with Crippen LogP contribution in [0.15, 0.2) is 30.3 Å². The SMILES string of the molecule is CN(CC(C)(C)CN)C(=O)C1(C)CCCN(C(=O)c2ccccc2)C1. The van der Waals surface area contributed by atoms with E-state index < -0.39 is 5.41 Å². The molecule has 1 aliphatic rings. The Bertz CT molecular complexity index is 615. The molecule has 2 rings (SSSR count). The molecule has 0 aliphatic carbocycles. The number of benzene rings is 1. The van der Waals surface area contributed by atoms with Gasteiger partial charge in [0.05, 0.1) is 5.41 Å². The number of hydrogen-bond donors (Lipinski definition) is 1. The molecule has 2 amide bonds. The number of rotatable bonds is 5. The summed E-state index contributed by atoms with van der Waals surface area (Å²) in [7, 11) is 1.84. The minimum Gasteiger partial charge on any atom is -0.345 e. The fraction of sp³-hybridized carbons (Fsp3) is 0.600. The number of hydrogen-bond acceptors (Lipinski definition) is 3. The highest BCUT2D eigenvalue weighted by Gasteiger charge is 2.41. The van der Waals surface area contributed by atoms with Crippen LogP contribution in [0.25, 0.3) is 0 Å². The van der Waals surface area contributed by atoms with Gasteiger partial charge >= 0.3 is 0 Å². The van der Waals surface area contributed by atoms with E-state index in [4.69, 9.17) is 5.73 Å². The average Bonchev–Trinajstić information content (AvgIpc) is 2.60. The van der Waals surface area contributed by atoms with Gasteiger partial charge in [0.1, 0.15) is 0 Å². The Morgan fingerprint density at radius 1 is 1.28 bits per heavy atom. The van der Waals surface area contributed by atoms with E-state index in [9.17, 15) is 9.59 Å². The summed E-state index contributed by atoms with van der Waals surface area (Å²) in [6, 6.07) is 9.28. The summed E-state index contributed by atoms with van der Waals surface area (Å²) in [5, 5.41) is 0. The van der Waals surface area contributed by atoms with Gasteiger partial charge in [0.15, 0.2) is 0 Å². The molecule has 5 nitrogen and oxygen atoms in total. The Hall–Kier alpha value is -1.88. The predicted molar refractivity (Wildman–Crippen MR) is 100 cm³/mol. The van der Waals surface area contributed by atoms with Crippen molar-refractivity contribution in [3.63, 3.8) is 0 Å². The maximum absolute atomic E-state index is 13.1. The van der Waals surface area contributed by atoms with E-state index in [0.717, 1.165) is 12.8 Å². The molecule has 1 atom stereocenters. The Morgan fingerprint density at radius 3 is 2.52 bits per heavy atom. The number of likely N-dealkylation sites (tertiary alicyclic amines) is 1. The Morgan fingerprint density at radius 2 is 1.92 bits per heavy atom. The molecule has 1 aliphatic heterocycles. The van der Waals surface area contributed by atoms with Crippen LogP contribution in [0.5, 0.6) is 0 Å². The first-order valence-electron chi connectivity index (χ1n) is 8.98. The third kappa shape index (κ3) is 4.60. The second-order valence-corrected chi connectivity index (χ2v) is 8.29. The third-order valence-electron chi connectivity index (χ3n) is 5.09. The van der Waals surface area contributed by atoms with Crippen molar-refractivity contribution in [2.45, 2.75) is 33.6 Å². The first-order valence-corrected chi connectivity index (χ1v) is 8.98. The number of piperidine rings is 1. The standard InChI is InChI=1S/C20H31N3O2/c1-19(2,13-21)14-22(4)18(25)20(3)11-8-12-23(15-20)17(24)16-9-6-5-7-10-16/h5-7,9-10H,8,11-15,21H2,1-4H3. The summed E-state index contributed by atoms with van der Waals surface area (Å²) in [4.78, 5) is 29.4. The zero-order valence-electron chi connectivity index (χ0n) is 15.9. The van der Waals surface area contributed by atoms with Crippen molar-refractivity contribution in [3.05, 3.63) is 35.9 Å². The summed E-state index contributed by atoms with van der Waals surface area (Å²) in [5.41, 5.74) is 5.82. The zero-order chi connectivity index (χ0) is 18.7. The number of carbonyl (C=O) groups is 2. The molecule has 1 fully saturated rings. The Kier molecular flexibility index (Phi) is 5.88. The fourth-order valence-corrected chi connectivity index (χ4v) is 3.59. The Balaban J connectivity index is 2.10. The summed E-state index contributed by atoms with van der Waals surface area (Å²) in [6.07, 6.45) is 1.65. The zero-order valence-corrected chi connectivity index (χ0v) is 15.9. The predicted octanol–water partition coefficient (Wildman–Crippen LogP) is 2.37. The van der Waals surface area contributed by atoms with Crippen LogP contribution in [-0.4, -0.2) is 54.8 Å². The summed E-state index contributed by atoms with van der Waals surface area (Å²) in [6.45, 7) is 8.41. The number of nitrogens with zero attached hydrogens (tertiary/aromatic N) is 2. The van der Waals surface area contributed by atoms with Gasteiger partial charge in [-0.3, -0.25) is 9.59 Å².